The van der Waals surface area contributed by atoms with E-state index in [0.717, 1.165) is 42.3 Å². The van der Waals surface area contributed by atoms with Crippen molar-refractivity contribution in [1.82, 2.24) is 4.90 Å². The average Bonchev–Trinajstić information content (AvgIpc) is 2.70. The van der Waals surface area contributed by atoms with Gasteiger partial charge in [0.05, 0.1) is 0 Å². The molecule has 0 saturated carbocycles. The van der Waals surface area contributed by atoms with Crippen molar-refractivity contribution in [3.05, 3.63) is 78.4 Å². The zero-order chi connectivity index (χ0) is 17.8. The van der Waals surface area contributed by atoms with Crippen molar-refractivity contribution in [1.29, 1.82) is 0 Å². The highest BCUT2D eigenvalue weighted by Gasteiger charge is 2.30. The fraction of sp³-hybridized carbons (Fsp3) is 0.261. The molecule has 0 bridgehead atoms. The molecule has 1 saturated heterocycles. The highest BCUT2D eigenvalue weighted by atomic mass is 16.5. The Morgan fingerprint density at radius 3 is 2.27 bits per heavy atom. The number of likely N-dealkylation sites (tertiary alicyclic amines) is 1. The van der Waals surface area contributed by atoms with Crippen LogP contribution < -0.4 is 4.74 Å². The Morgan fingerprint density at radius 1 is 0.808 bits per heavy atom. The van der Waals surface area contributed by atoms with Gasteiger partial charge in [-0.25, -0.2) is 4.79 Å². The summed E-state index contributed by atoms with van der Waals surface area (Å²) in [6.45, 7) is 1.87. The first-order valence-electron chi connectivity index (χ1n) is 9.31. The number of ether oxygens (including phenoxy) is 1. The van der Waals surface area contributed by atoms with Gasteiger partial charge < -0.3 is 4.74 Å². The lowest BCUT2D eigenvalue weighted by molar-refractivity contribution is -0.141. The molecule has 0 aliphatic carbocycles. The topological polar surface area (TPSA) is 29.5 Å². The molecule has 0 spiro atoms. The van der Waals surface area contributed by atoms with Crippen molar-refractivity contribution in [3.8, 4) is 5.75 Å². The second kappa shape index (κ2) is 7.71. The van der Waals surface area contributed by atoms with Crippen LogP contribution in [0.3, 0.4) is 0 Å². The van der Waals surface area contributed by atoms with Crippen LogP contribution in [0.2, 0.25) is 0 Å². The van der Waals surface area contributed by atoms with Crippen molar-refractivity contribution in [2.24, 2.45) is 0 Å². The van der Waals surface area contributed by atoms with E-state index in [1.807, 2.05) is 66.7 Å². The summed E-state index contributed by atoms with van der Waals surface area (Å²) < 4.78 is 5.81. The zero-order valence-corrected chi connectivity index (χ0v) is 14.8. The molecule has 3 aromatic rings. The minimum atomic E-state index is -0.344. The molecular weight excluding hydrogens is 322 g/mol. The summed E-state index contributed by atoms with van der Waals surface area (Å²) in [4.78, 5) is 15.3. The molecule has 3 aromatic carbocycles. The SMILES string of the molecule is O=C(Oc1ccc2ccccc2c1)C(c1ccccc1)N1CCCCC1. The number of piperidine rings is 1. The minimum Gasteiger partial charge on any atom is -0.425 e. The number of nitrogens with zero attached hydrogens (tertiary/aromatic N) is 1. The Hall–Kier alpha value is -2.65. The molecule has 0 N–H and O–H groups in total. The van der Waals surface area contributed by atoms with E-state index in [0.29, 0.717) is 5.75 Å². The van der Waals surface area contributed by atoms with E-state index in [2.05, 4.69) is 11.0 Å². The van der Waals surface area contributed by atoms with Crippen LogP contribution in [0, 0.1) is 0 Å². The van der Waals surface area contributed by atoms with Crippen molar-refractivity contribution in [2.75, 3.05) is 13.1 Å². The molecular formula is C23H23NO2. The van der Waals surface area contributed by atoms with Crippen LogP contribution in [0.25, 0.3) is 10.8 Å². The molecule has 1 fully saturated rings. The Labute approximate surface area is 154 Å². The summed E-state index contributed by atoms with van der Waals surface area (Å²) in [5.74, 6) is 0.403. The lowest BCUT2D eigenvalue weighted by atomic mass is 10.0. The van der Waals surface area contributed by atoms with Gasteiger partial charge in [0.25, 0.3) is 0 Å². The molecule has 1 aliphatic rings. The molecule has 4 rings (SSSR count). The van der Waals surface area contributed by atoms with Crippen molar-refractivity contribution >= 4 is 16.7 Å². The number of benzene rings is 3. The highest BCUT2D eigenvalue weighted by Crippen LogP contribution is 2.28. The first kappa shape index (κ1) is 16.8. The van der Waals surface area contributed by atoms with Crippen LogP contribution >= 0.6 is 0 Å². The Bertz CT molecular complexity index is 885. The van der Waals surface area contributed by atoms with Crippen LogP contribution in [0.4, 0.5) is 0 Å². The summed E-state index contributed by atoms with van der Waals surface area (Å²) in [5.41, 5.74) is 1.00. The maximum atomic E-state index is 13.1. The standard InChI is InChI=1S/C23H23NO2/c25-23(26-21-14-13-18-9-5-6-12-20(18)17-21)22(19-10-3-1-4-11-19)24-15-7-2-8-16-24/h1,3-6,9-14,17,22H,2,7-8,15-16H2. The Balaban J connectivity index is 1.60. The van der Waals surface area contributed by atoms with Crippen molar-refractivity contribution in [3.63, 3.8) is 0 Å². The van der Waals surface area contributed by atoms with Crippen LogP contribution in [0.15, 0.2) is 72.8 Å². The average molecular weight is 345 g/mol. The molecule has 1 atom stereocenters. The molecule has 3 nitrogen and oxygen atoms in total. The van der Waals surface area contributed by atoms with E-state index in [9.17, 15) is 4.79 Å². The zero-order valence-electron chi connectivity index (χ0n) is 14.8. The molecule has 132 valence electrons. The predicted molar refractivity (Wildman–Crippen MR) is 104 cm³/mol. The van der Waals surface area contributed by atoms with Crippen molar-refractivity contribution < 1.29 is 9.53 Å². The first-order chi connectivity index (χ1) is 12.8. The lowest BCUT2D eigenvalue weighted by Gasteiger charge is -2.33. The summed E-state index contributed by atoms with van der Waals surface area (Å²) in [6, 6.07) is 23.5. The van der Waals surface area contributed by atoms with Gasteiger partial charge >= 0.3 is 5.97 Å². The van der Waals surface area contributed by atoms with Gasteiger partial charge in [-0.3, -0.25) is 4.90 Å². The predicted octanol–water partition coefficient (Wildman–Crippen LogP) is 4.97. The summed E-state index contributed by atoms with van der Waals surface area (Å²) >= 11 is 0. The van der Waals surface area contributed by atoms with E-state index >= 15 is 0 Å². The van der Waals surface area contributed by atoms with Gasteiger partial charge in [0.1, 0.15) is 11.8 Å². The maximum absolute atomic E-state index is 13.1. The number of hydrogen-bond acceptors (Lipinski definition) is 3. The number of carbonyl (C=O) groups is 1. The van der Waals surface area contributed by atoms with Gasteiger partial charge in [-0.05, 0) is 54.4 Å². The van der Waals surface area contributed by atoms with Gasteiger partial charge in [-0.2, -0.15) is 0 Å². The fourth-order valence-corrected chi connectivity index (χ4v) is 3.71. The summed E-state index contributed by atoms with van der Waals surface area (Å²) in [6.07, 6.45) is 3.50. The number of fused-ring (bicyclic) bond motifs is 1. The molecule has 1 aliphatic heterocycles. The monoisotopic (exact) mass is 345 g/mol. The third-order valence-corrected chi connectivity index (χ3v) is 5.03. The largest absolute Gasteiger partial charge is 0.425 e. The number of esters is 1. The molecule has 0 amide bonds. The second-order valence-corrected chi connectivity index (χ2v) is 6.84. The van der Waals surface area contributed by atoms with Crippen molar-refractivity contribution in [2.45, 2.75) is 25.3 Å². The highest BCUT2D eigenvalue weighted by molar-refractivity contribution is 5.85. The van der Waals surface area contributed by atoms with E-state index in [-0.39, 0.29) is 12.0 Å². The molecule has 26 heavy (non-hydrogen) atoms. The van der Waals surface area contributed by atoms with E-state index in [4.69, 9.17) is 4.74 Å². The quantitative estimate of drug-likeness (QED) is 0.494. The van der Waals surface area contributed by atoms with Gasteiger partial charge in [-0.1, -0.05) is 67.1 Å². The van der Waals surface area contributed by atoms with Gasteiger partial charge in [0.15, 0.2) is 0 Å². The first-order valence-corrected chi connectivity index (χ1v) is 9.31. The Morgan fingerprint density at radius 2 is 1.50 bits per heavy atom. The summed E-state index contributed by atoms with van der Waals surface area (Å²) in [7, 11) is 0. The third kappa shape index (κ3) is 3.63. The maximum Gasteiger partial charge on any atom is 0.333 e. The second-order valence-electron chi connectivity index (χ2n) is 6.84. The van der Waals surface area contributed by atoms with Gasteiger partial charge in [0.2, 0.25) is 0 Å². The van der Waals surface area contributed by atoms with Crippen LogP contribution in [0.1, 0.15) is 30.9 Å². The number of hydrogen-bond donors (Lipinski definition) is 0. The number of rotatable bonds is 4. The van der Waals surface area contributed by atoms with Crippen LogP contribution in [-0.2, 0) is 4.79 Å². The molecule has 1 unspecified atom stereocenters. The third-order valence-electron chi connectivity index (χ3n) is 5.03. The van der Waals surface area contributed by atoms with Gasteiger partial charge in [0, 0.05) is 0 Å². The normalized spacial score (nSPS) is 16.3. The molecule has 3 heteroatoms. The smallest absolute Gasteiger partial charge is 0.333 e. The minimum absolute atomic E-state index is 0.201. The molecule has 0 radical (unpaired) electrons. The van der Waals surface area contributed by atoms with E-state index in [1.54, 1.807) is 0 Å². The molecule has 1 heterocycles. The lowest BCUT2D eigenvalue weighted by Crippen LogP contribution is -2.39. The fourth-order valence-electron chi connectivity index (χ4n) is 3.71. The number of carbonyl (C=O) groups excluding carboxylic acids is 1. The van der Waals surface area contributed by atoms with E-state index in [1.165, 1.54) is 6.42 Å². The van der Waals surface area contributed by atoms with Crippen LogP contribution in [0.5, 0.6) is 5.75 Å². The van der Waals surface area contributed by atoms with Gasteiger partial charge in [-0.15, -0.1) is 0 Å². The molecule has 0 aromatic heterocycles. The summed E-state index contributed by atoms with van der Waals surface area (Å²) in [5, 5.41) is 2.22. The Kier molecular flexibility index (Phi) is 4.98. The van der Waals surface area contributed by atoms with Crippen LogP contribution in [-0.4, -0.2) is 24.0 Å². The van der Waals surface area contributed by atoms with E-state index < -0.39 is 0 Å².